The van der Waals surface area contributed by atoms with Crippen molar-refractivity contribution in [1.29, 1.82) is 0 Å². The fourth-order valence-corrected chi connectivity index (χ4v) is 4.62. The Labute approximate surface area is 200 Å². The zero-order valence-electron chi connectivity index (χ0n) is 18.9. The van der Waals surface area contributed by atoms with Gasteiger partial charge in [-0.1, -0.05) is 24.3 Å². The lowest BCUT2D eigenvalue weighted by atomic mass is 9.90. The van der Waals surface area contributed by atoms with Gasteiger partial charge in [0.2, 0.25) is 0 Å². The van der Waals surface area contributed by atoms with E-state index < -0.39 is 17.5 Å². The smallest absolute Gasteiger partial charge is 0.252 e. The van der Waals surface area contributed by atoms with Crippen molar-refractivity contribution in [3.63, 3.8) is 0 Å². The van der Waals surface area contributed by atoms with E-state index in [1.807, 2.05) is 6.92 Å². The Hall–Kier alpha value is -4.00. The maximum atomic E-state index is 15.2. The van der Waals surface area contributed by atoms with Crippen molar-refractivity contribution in [3.05, 3.63) is 106 Å². The van der Waals surface area contributed by atoms with E-state index in [1.54, 1.807) is 30.5 Å². The van der Waals surface area contributed by atoms with Crippen molar-refractivity contribution < 1.29 is 22.8 Å². The molecule has 0 saturated carbocycles. The number of ketones is 1. The topological polar surface area (TPSA) is 58.5 Å². The average molecular weight is 474 g/mol. The molecular formula is C28H21F3N2O2. The highest BCUT2D eigenvalue weighted by atomic mass is 19.1. The summed E-state index contributed by atoms with van der Waals surface area (Å²) in [6.45, 7) is 2.26. The summed E-state index contributed by atoms with van der Waals surface area (Å²) in [4.78, 5) is 29.4. The number of benzene rings is 3. The number of hydrogen-bond donors (Lipinski definition) is 1. The average Bonchev–Trinajstić information content (AvgIpc) is 3.42. The van der Waals surface area contributed by atoms with Crippen molar-refractivity contribution in [3.8, 4) is 11.1 Å². The number of hydrogen-bond acceptors (Lipinski definition) is 3. The molecule has 0 unspecified atom stereocenters. The summed E-state index contributed by atoms with van der Waals surface area (Å²) in [5.41, 5.74) is 5.21. The van der Waals surface area contributed by atoms with E-state index in [9.17, 15) is 18.4 Å². The van der Waals surface area contributed by atoms with E-state index >= 15 is 4.39 Å². The minimum atomic E-state index is -0.656. The molecule has 2 aliphatic rings. The summed E-state index contributed by atoms with van der Waals surface area (Å²) in [6, 6.07) is 11.0. The third-order valence-corrected chi connectivity index (χ3v) is 6.28. The van der Waals surface area contributed by atoms with Gasteiger partial charge in [-0.05, 0) is 59.0 Å². The first kappa shape index (κ1) is 22.8. The fourth-order valence-electron chi connectivity index (χ4n) is 4.62. The largest absolute Gasteiger partial charge is 0.348 e. The van der Waals surface area contributed by atoms with Gasteiger partial charge < -0.3 is 5.32 Å². The van der Waals surface area contributed by atoms with Crippen LogP contribution in [0.25, 0.3) is 11.1 Å². The van der Waals surface area contributed by atoms with Crippen LogP contribution in [0.2, 0.25) is 0 Å². The Kier molecular flexibility index (Phi) is 5.84. The first-order valence-electron chi connectivity index (χ1n) is 11.2. The Morgan fingerprint density at radius 1 is 0.943 bits per heavy atom. The van der Waals surface area contributed by atoms with Crippen molar-refractivity contribution >= 4 is 17.4 Å². The second-order valence-electron chi connectivity index (χ2n) is 8.87. The van der Waals surface area contributed by atoms with Gasteiger partial charge in [-0.2, -0.15) is 0 Å². The van der Waals surface area contributed by atoms with E-state index in [4.69, 9.17) is 0 Å². The molecule has 0 aliphatic carbocycles. The van der Waals surface area contributed by atoms with Crippen molar-refractivity contribution in [2.45, 2.75) is 32.7 Å². The molecule has 0 atom stereocenters. The molecule has 2 heterocycles. The van der Waals surface area contributed by atoms with E-state index in [-0.39, 0.29) is 36.6 Å². The first-order chi connectivity index (χ1) is 16.8. The highest BCUT2D eigenvalue weighted by Gasteiger charge is 2.29. The summed E-state index contributed by atoms with van der Waals surface area (Å²) in [7, 11) is 0. The minimum Gasteiger partial charge on any atom is -0.348 e. The Morgan fingerprint density at radius 3 is 2.46 bits per heavy atom. The summed E-state index contributed by atoms with van der Waals surface area (Å²) in [5.74, 6) is -2.38. The van der Waals surface area contributed by atoms with Gasteiger partial charge in [0.25, 0.3) is 5.91 Å². The van der Waals surface area contributed by atoms with Crippen LogP contribution in [0.4, 0.5) is 13.2 Å². The molecule has 5 rings (SSSR count). The lowest BCUT2D eigenvalue weighted by Crippen LogP contribution is -2.15. The van der Waals surface area contributed by atoms with Crippen LogP contribution in [0.3, 0.4) is 0 Å². The number of halogens is 3. The highest BCUT2D eigenvalue weighted by molar-refractivity contribution is 6.14. The molecule has 176 valence electrons. The zero-order chi connectivity index (χ0) is 24.7. The maximum absolute atomic E-state index is 15.2. The number of nitrogens with one attached hydrogen (secondary N) is 1. The monoisotopic (exact) mass is 474 g/mol. The zero-order valence-corrected chi connectivity index (χ0v) is 18.9. The van der Waals surface area contributed by atoms with Gasteiger partial charge in [-0.25, -0.2) is 13.2 Å². The maximum Gasteiger partial charge on any atom is 0.252 e. The summed E-state index contributed by atoms with van der Waals surface area (Å²) in [6.07, 6.45) is 2.05. The standard InChI is InChI=1S/C28H21F3N2O2/c1-15-8-26(32-13-15)22-6-5-20(23-14-33-28(35)27(22)23)21-4-2-16(10-25(21)31)9-19(34)12-17-11-18(29)3-7-24(17)30/h2-7,10-11,13H,8-9,12,14H2,1H3,(H,33,35). The molecule has 1 N–H and O–H groups in total. The lowest BCUT2D eigenvalue weighted by Gasteiger charge is -2.13. The molecule has 0 fully saturated rings. The predicted octanol–water partition coefficient (Wildman–Crippen LogP) is 5.47. The molecule has 35 heavy (non-hydrogen) atoms. The Bertz CT molecular complexity index is 1460. The second-order valence-corrected chi connectivity index (χ2v) is 8.87. The number of nitrogens with zero attached hydrogens (tertiary/aromatic N) is 1. The molecule has 1 amide bonds. The van der Waals surface area contributed by atoms with Gasteiger partial charge in [0.05, 0.1) is 11.3 Å². The molecule has 4 nitrogen and oxygen atoms in total. The third-order valence-electron chi connectivity index (χ3n) is 6.28. The molecule has 2 aliphatic heterocycles. The molecule has 0 saturated heterocycles. The van der Waals surface area contributed by atoms with Crippen molar-refractivity contribution in [2.24, 2.45) is 4.99 Å². The third kappa shape index (κ3) is 4.41. The van der Waals surface area contributed by atoms with Crippen LogP contribution < -0.4 is 5.32 Å². The van der Waals surface area contributed by atoms with Crippen molar-refractivity contribution in [1.82, 2.24) is 5.32 Å². The van der Waals surface area contributed by atoms with E-state index in [1.165, 1.54) is 6.07 Å². The molecule has 7 heteroatoms. The number of aliphatic imine (C=N–C) groups is 1. The number of Topliss-reactive ketones (excluding diaryl/α,β-unsaturated/α-hetero) is 1. The van der Waals surface area contributed by atoms with E-state index in [0.29, 0.717) is 34.2 Å². The van der Waals surface area contributed by atoms with Gasteiger partial charge in [-0.15, -0.1) is 0 Å². The molecule has 0 aromatic heterocycles. The Balaban J connectivity index is 1.40. The minimum absolute atomic E-state index is 0.0304. The summed E-state index contributed by atoms with van der Waals surface area (Å²) in [5, 5.41) is 2.82. The van der Waals surface area contributed by atoms with Crippen LogP contribution in [0.15, 0.2) is 65.3 Å². The predicted molar refractivity (Wildman–Crippen MR) is 127 cm³/mol. The second kappa shape index (κ2) is 8.98. The number of carbonyl (C=O) groups excluding carboxylic acids is 2. The molecule has 3 aromatic carbocycles. The Morgan fingerprint density at radius 2 is 1.71 bits per heavy atom. The molecule has 0 radical (unpaired) electrons. The van der Waals surface area contributed by atoms with Crippen LogP contribution >= 0.6 is 0 Å². The van der Waals surface area contributed by atoms with E-state index in [0.717, 1.165) is 35.0 Å². The first-order valence-corrected chi connectivity index (χ1v) is 11.2. The number of amides is 1. The quantitative estimate of drug-likeness (QED) is 0.516. The SMILES string of the molecule is CC1=CN=C(c2ccc(-c3ccc(CC(=O)Cc4cc(F)ccc4F)cc3F)c3c2C(=O)NC3)C1. The van der Waals surface area contributed by atoms with Crippen molar-refractivity contribution in [2.75, 3.05) is 0 Å². The highest BCUT2D eigenvalue weighted by Crippen LogP contribution is 2.35. The molecular weight excluding hydrogens is 453 g/mol. The van der Waals surface area contributed by atoms with Crippen LogP contribution in [-0.4, -0.2) is 17.4 Å². The van der Waals surface area contributed by atoms with Crippen LogP contribution in [-0.2, 0) is 24.2 Å². The van der Waals surface area contributed by atoms with Gasteiger partial charge in [0.15, 0.2) is 0 Å². The lowest BCUT2D eigenvalue weighted by molar-refractivity contribution is -0.117. The van der Waals surface area contributed by atoms with Gasteiger partial charge in [-0.3, -0.25) is 14.6 Å². The van der Waals surface area contributed by atoms with Crippen LogP contribution in [0, 0.1) is 17.5 Å². The van der Waals surface area contributed by atoms with Gasteiger partial charge >= 0.3 is 0 Å². The molecule has 3 aromatic rings. The van der Waals surface area contributed by atoms with E-state index in [2.05, 4.69) is 10.3 Å². The summed E-state index contributed by atoms with van der Waals surface area (Å²) < 4.78 is 42.4. The van der Waals surface area contributed by atoms with Gasteiger partial charge in [0, 0.05) is 43.1 Å². The van der Waals surface area contributed by atoms with Crippen LogP contribution in [0.1, 0.15) is 46.0 Å². The molecule has 0 bridgehead atoms. The number of carbonyl (C=O) groups is 2. The van der Waals surface area contributed by atoms with Gasteiger partial charge in [0.1, 0.15) is 23.2 Å². The normalized spacial score (nSPS) is 14.5. The summed E-state index contributed by atoms with van der Waals surface area (Å²) >= 11 is 0. The number of rotatable bonds is 6. The van der Waals surface area contributed by atoms with Crippen LogP contribution in [0.5, 0.6) is 0 Å². The molecule has 0 spiro atoms. The fraction of sp³-hybridized carbons (Fsp3) is 0.179. The number of allylic oxidation sites excluding steroid dienone is 1. The number of fused-ring (bicyclic) bond motifs is 1.